The van der Waals surface area contributed by atoms with E-state index in [1.165, 1.54) is 6.26 Å². The van der Waals surface area contributed by atoms with E-state index in [1.54, 1.807) is 23.7 Å². The van der Waals surface area contributed by atoms with Crippen LogP contribution < -0.4 is 0 Å². The third kappa shape index (κ3) is 1.97. The lowest BCUT2D eigenvalue weighted by Gasteiger charge is -2.05. The molecule has 0 aliphatic rings. The minimum absolute atomic E-state index is 0.334. The van der Waals surface area contributed by atoms with E-state index in [4.69, 9.17) is 0 Å². The fraction of sp³-hybridized carbons (Fsp3) is 0.154. The van der Waals surface area contributed by atoms with Crippen molar-refractivity contribution in [1.29, 1.82) is 0 Å². The fourth-order valence-corrected chi connectivity index (χ4v) is 3.80. The molecule has 1 aromatic carbocycles. The van der Waals surface area contributed by atoms with E-state index >= 15 is 0 Å². The Morgan fingerprint density at radius 1 is 1.32 bits per heavy atom. The standard InChI is InChI=1S/C13H12N2O2S2/c1-8-3-4-9-10(19(2,16)17)7-15-12(9)11(8)13-14-5-6-18-13/h3-7,15H,1-2H3. The summed E-state index contributed by atoms with van der Waals surface area (Å²) in [6, 6.07) is 3.77. The molecule has 0 aliphatic carbocycles. The van der Waals surface area contributed by atoms with Crippen molar-refractivity contribution in [3.8, 4) is 10.6 Å². The summed E-state index contributed by atoms with van der Waals surface area (Å²) >= 11 is 1.54. The number of aromatic amines is 1. The lowest BCUT2D eigenvalue weighted by atomic mass is 10.1. The van der Waals surface area contributed by atoms with Crippen LogP contribution in [0.1, 0.15) is 5.56 Å². The predicted molar refractivity (Wildman–Crippen MR) is 77.3 cm³/mol. The Balaban J connectivity index is 2.41. The molecule has 0 atom stereocenters. The van der Waals surface area contributed by atoms with E-state index in [-0.39, 0.29) is 0 Å². The van der Waals surface area contributed by atoms with Crippen LogP contribution in [0, 0.1) is 6.92 Å². The SMILES string of the molecule is Cc1ccc2c(S(C)(=O)=O)c[nH]c2c1-c1nccs1. The average molecular weight is 292 g/mol. The van der Waals surface area contributed by atoms with Crippen LogP contribution in [0.5, 0.6) is 0 Å². The van der Waals surface area contributed by atoms with E-state index in [0.717, 1.165) is 27.0 Å². The van der Waals surface area contributed by atoms with Gasteiger partial charge in [-0.1, -0.05) is 12.1 Å². The second kappa shape index (κ2) is 4.18. The quantitative estimate of drug-likeness (QED) is 0.789. The third-order valence-electron chi connectivity index (χ3n) is 3.07. The highest BCUT2D eigenvalue weighted by molar-refractivity contribution is 7.91. The number of sulfone groups is 1. The Kier molecular flexibility index (Phi) is 2.72. The van der Waals surface area contributed by atoms with Crippen molar-refractivity contribution in [1.82, 2.24) is 9.97 Å². The first-order valence-corrected chi connectivity index (χ1v) is 8.46. The summed E-state index contributed by atoms with van der Waals surface area (Å²) < 4.78 is 23.5. The molecule has 0 amide bonds. The Bertz CT molecular complexity index is 846. The van der Waals surface area contributed by atoms with Crippen molar-refractivity contribution in [3.63, 3.8) is 0 Å². The summed E-state index contributed by atoms with van der Waals surface area (Å²) in [5.41, 5.74) is 2.88. The number of aromatic nitrogens is 2. The smallest absolute Gasteiger partial charge is 0.177 e. The minimum Gasteiger partial charge on any atom is -0.359 e. The first kappa shape index (κ1) is 12.4. The van der Waals surface area contributed by atoms with Gasteiger partial charge in [-0.3, -0.25) is 0 Å². The lowest BCUT2D eigenvalue weighted by Crippen LogP contribution is -1.95. The highest BCUT2D eigenvalue weighted by Crippen LogP contribution is 2.35. The van der Waals surface area contributed by atoms with Crippen LogP contribution in [-0.2, 0) is 9.84 Å². The zero-order valence-corrected chi connectivity index (χ0v) is 12.1. The number of H-pyrrole nitrogens is 1. The van der Waals surface area contributed by atoms with Gasteiger partial charge >= 0.3 is 0 Å². The molecule has 0 spiro atoms. The predicted octanol–water partition coefficient (Wildman–Crippen LogP) is 3.00. The molecule has 3 rings (SSSR count). The maximum Gasteiger partial charge on any atom is 0.177 e. The lowest BCUT2D eigenvalue weighted by molar-refractivity contribution is 0.602. The molecular formula is C13H12N2O2S2. The molecule has 6 heteroatoms. The van der Waals surface area contributed by atoms with Gasteiger partial charge in [-0.25, -0.2) is 13.4 Å². The molecule has 0 fully saturated rings. The minimum atomic E-state index is -3.23. The summed E-state index contributed by atoms with van der Waals surface area (Å²) in [5, 5.41) is 3.52. The molecule has 0 aliphatic heterocycles. The van der Waals surface area contributed by atoms with Gasteiger partial charge in [0.05, 0.1) is 10.4 Å². The van der Waals surface area contributed by atoms with Gasteiger partial charge in [0.1, 0.15) is 5.01 Å². The summed E-state index contributed by atoms with van der Waals surface area (Å²) in [5.74, 6) is 0. The largest absolute Gasteiger partial charge is 0.359 e. The van der Waals surface area contributed by atoms with Gasteiger partial charge in [0.25, 0.3) is 0 Å². The van der Waals surface area contributed by atoms with Gasteiger partial charge in [0.15, 0.2) is 9.84 Å². The number of aryl methyl sites for hydroxylation is 1. The number of hydrogen-bond acceptors (Lipinski definition) is 4. The fourth-order valence-electron chi connectivity index (χ4n) is 2.21. The Morgan fingerprint density at radius 2 is 2.11 bits per heavy atom. The van der Waals surface area contributed by atoms with E-state index < -0.39 is 9.84 Å². The second-order valence-electron chi connectivity index (χ2n) is 4.44. The zero-order valence-electron chi connectivity index (χ0n) is 10.5. The molecule has 0 bridgehead atoms. The zero-order chi connectivity index (χ0) is 13.6. The van der Waals surface area contributed by atoms with Gasteiger partial charge in [0, 0.05) is 35.0 Å². The molecular weight excluding hydrogens is 280 g/mol. The van der Waals surface area contributed by atoms with Gasteiger partial charge in [-0.2, -0.15) is 0 Å². The second-order valence-corrected chi connectivity index (χ2v) is 7.32. The summed E-state index contributed by atoms with van der Waals surface area (Å²) in [6.07, 6.45) is 4.52. The van der Waals surface area contributed by atoms with Crippen molar-refractivity contribution in [2.24, 2.45) is 0 Å². The number of rotatable bonds is 2. The highest BCUT2D eigenvalue weighted by atomic mass is 32.2. The number of fused-ring (bicyclic) bond motifs is 1. The normalized spacial score (nSPS) is 12.1. The van der Waals surface area contributed by atoms with Crippen LogP contribution in [0.15, 0.2) is 34.8 Å². The van der Waals surface area contributed by atoms with Gasteiger partial charge in [0.2, 0.25) is 0 Å². The van der Waals surface area contributed by atoms with Crippen LogP contribution in [0.3, 0.4) is 0 Å². The van der Waals surface area contributed by atoms with Crippen molar-refractivity contribution in [3.05, 3.63) is 35.5 Å². The van der Waals surface area contributed by atoms with E-state index in [1.807, 2.05) is 24.4 Å². The van der Waals surface area contributed by atoms with Crippen LogP contribution >= 0.6 is 11.3 Å². The molecule has 98 valence electrons. The first-order valence-electron chi connectivity index (χ1n) is 5.69. The van der Waals surface area contributed by atoms with Crippen molar-refractivity contribution in [2.75, 3.05) is 6.26 Å². The van der Waals surface area contributed by atoms with E-state index in [9.17, 15) is 8.42 Å². The van der Waals surface area contributed by atoms with Crippen LogP contribution in [0.25, 0.3) is 21.5 Å². The Morgan fingerprint density at radius 3 is 2.74 bits per heavy atom. The van der Waals surface area contributed by atoms with Crippen LogP contribution in [-0.4, -0.2) is 24.6 Å². The molecule has 1 N–H and O–H groups in total. The molecule has 4 nitrogen and oxygen atoms in total. The van der Waals surface area contributed by atoms with Crippen molar-refractivity contribution >= 4 is 32.1 Å². The number of benzene rings is 1. The van der Waals surface area contributed by atoms with Crippen molar-refractivity contribution < 1.29 is 8.42 Å². The molecule has 0 saturated carbocycles. The topological polar surface area (TPSA) is 62.8 Å². The molecule has 19 heavy (non-hydrogen) atoms. The molecule has 0 saturated heterocycles. The van der Waals surface area contributed by atoms with Crippen LogP contribution in [0.2, 0.25) is 0 Å². The number of hydrogen-bond donors (Lipinski definition) is 1. The van der Waals surface area contributed by atoms with Gasteiger partial charge < -0.3 is 4.98 Å². The molecule has 0 unspecified atom stereocenters. The first-order chi connectivity index (χ1) is 8.98. The Hall–Kier alpha value is -1.66. The van der Waals surface area contributed by atoms with E-state index in [0.29, 0.717) is 4.90 Å². The number of thiazole rings is 1. The molecule has 2 heterocycles. The molecule has 3 aromatic rings. The summed E-state index contributed by atoms with van der Waals surface area (Å²) in [4.78, 5) is 7.73. The number of nitrogens with zero attached hydrogens (tertiary/aromatic N) is 1. The maximum atomic E-state index is 11.8. The summed E-state index contributed by atoms with van der Waals surface area (Å²) in [6.45, 7) is 2.00. The number of nitrogens with one attached hydrogen (secondary N) is 1. The van der Waals surface area contributed by atoms with Gasteiger partial charge in [-0.15, -0.1) is 11.3 Å². The molecule has 0 radical (unpaired) electrons. The van der Waals surface area contributed by atoms with Gasteiger partial charge in [-0.05, 0) is 12.5 Å². The van der Waals surface area contributed by atoms with E-state index in [2.05, 4.69) is 9.97 Å². The summed E-state index contributed by atoms with van der Waals surface area (Å²) in [7, 11) is -3.23. The van der Waals surface area contributed by atoms with Crippen molar-refractivity contribution in [2.45, 2.75) is 11.8 Å². The average Bonchev–Trinajstić information content (AvgIpc) is 2.94. The monoisotopic (exact) mass is 292 g/mol. The molecule has 2 aromatic heterocycles. The van der Waals surface area contributed by atoms with Crippen LogP contribution in [0.4, 0.5) is 0 Å². The maximum absolute atomic E-state index is 11.8. The highest BCUT2D eigenvalue weighted by Gasteiger charge is 2.18. The Labute approximate surface area is 115 Å². The third-order valence-corrected chi connectivity index (χ3v) is 5.00.